The first-order valence-electron chi connectivity index (χ1n) is 13.9. The number of carbonyl (C=O) groups is 4. The van der Waals surface area contributed by atoms with E-state index < -0.39 is 30.1 Å². The molecule has 4 rings (SSSR count). The molecule has 2 fully saturated rings. The molecule has 1 aliphatic heterocycles. The summed E-state index contributed by atoms with van der Waals surface area (Å²) in [4.78, 5) is 54.4. The van der Waals surface area contributed by atoms with Gasteiger partial charge in [0.25, 0.3) is 0 Å². The zero-order chi connectivity index (χ0) is 27.4. The monoisotopic (exact) mass is 527 g/mol. The SMILES string of the molecule is C[C@@H](C(=O)N[C@H](C(=O)N1C[C@@H](N)C[C@H]1C(=O)N[C@@H]1CCCc2ccccc21)C1CCCCC1)N(C)C(=O)O. The van der Waals surface area contributed by atoms with E-state index in [4.69, 9.17) is 5.73 Å². The molecule has 1 aromatic rings. The van der Waals surface area contributed by atoms with Crippen molar-refractivity contribution in [3.8, 4) is 0 Å². The van der Waals surface area contributed by atoms with Gasteiger partial charge in [-0.15, -0.1) is 0 Å². The minimum absolute atomic E-state index is 0.0757. The lowest BCUT2D eigenvalue weighted by Gasteiger charge is -2.36. The van der Waals surface area contributed by atoms with Crippen LogP contribution in [0.2, 0.25) is 0 Å². The van der Waals surface area contributed by atoms with E-state index in [0.29, 0.717) is 6.42 Å². The van der Waals surface area contributed by atoms with E-state index in [2.05, 4.69) is 16.7 Å². The topological polar surface area (TPSA) is 145 Å². The zero-order valence-corrected chi connectivity index (χ0v) is 22.4. The molecule has 0 unspecified atom stereocenters. The Hall–Kier alpha value is -3.14. The Balaban J connectivity index is 1.52. The van der Waals surface area contributed by atoms with Crippen molar-refractivity contribution in [1.29, 1.82) is 0 Å². The fraction of sp³-hybridized carbons (Fsp3) is 0.643. The van der Waals surface area contributed by atoms with Crippen LogP contribution in [0.4, 0.5) is 4.79 Å². The number of carboxylic acid groups (broad SMARTS) is 1. The van der Waals surface area contributed by atoms with E-state index in [0.717, 1.165) is 61.8 Å². The largest absolute Gasteiger partial charge is 0.465 e. The summed E-state index contributed by atoms with van der Waals surface area (Å²) in [5, 5.41) is 15.3. The fourth-order valence-corrected chi connectivity index (χ4v) is 6.18. The van der Waals surface area contributed by atoms with E-state index in [-0.39, 0.29) is 36.4 Å². The zero-order valence-electron chi connectivity index (χ0n) is 22.4. The highest BCUT2D eigenvalue weighted by Gasteiger charge is 2.44. The van der Waals surface area contributed by atoms with E-state index in [1.54, 1.807) is 4.90 Å². The third kappa shape index (κ3) is 6.11. The van der Waals surface area contributed by atoms with Gasteiger partial charge in [0.15, 0.2) is 0 Å². The second-order valence-corrected chi connectivity index (χ2v) is 11.1. The second-order valence-electron chi connectivity index (χ2n) is 11.1. The molecule has 1 saturated heterocycles. The normalized spacial score (nSPS) is 25.1. The lowest BCUT2D eigenvalue weighted by atomic mass is 9.83. The number of carbonyl (C=O) groups excluding carboxylic acids is 3. The van der Waals surface area contributed by atoms with Gasteiger partial charge in [0, 0.05) is 19.6 Å². The van der Waals surface area contributed by atoms with Crippen LogP contribution in [0, 0.1) is 5.92 Å². The van der Waals surface area contributed by atoms with Crippen molar-refractivity contribution < 1.29 is 24.3 Å². The number of likely N-dealkylation sites (tertiary alicyclic amines) is 1. The molecule has 1 saturated carbocycles. The van der Waals surface area contributed by atoms with Crippen LogP contribution in [-0.2, 0) is 20.8 Å². The summed E-state index contributed by atoms with van der Waals surface area (Å²) >= 11 is 0. The van der Waals surface area contributed by atoms with Crippen molar-refractivity contribution in [2.45, 2.75) is 94.9 Å². The molecule has 3 aliphatic rings. The summed E-state index contributed by atoms with van der Waals surface area (Å²) in [6, 6.07) is 5.17. The summed E-state index contributed by atoms with van der Waals surface area (Å²) < 4.78 is 0. The summed E-state index contributed by atoms with van der Waals surface area (Å²) in [7, 11) is 1.33. The van der Waals surface area contributed by atoms with Gasteiger partial charge in [-0.3, -0.25) is 19.3 Å². The lowest BCUT2D eigenvalue weighted by molar-refractivity contribution is -0.143. The molecule has 0 bridgehead atoms. The molecule has 0 radical (unpaired) electrons. The van der Waals surface area contributed by atoms with Gasteiger partial charge in [-0.2, -0.15) is 0 Å². The van der Waals surface area contributed by atoms with Crippen molar-refractivity contribution in [2.75, 3.05) is 13.6 Å². The summed E-state index contributed by atoms with van der Waals surface area (Å²) in [5.74, 6) is -1.14. The summed E-state index contributed by atoms with van der Waals surface area (Å²) in [5.41, 5.74) is 8.63. The molecule has 10 nitrogen and oxygen atoms in total. The number of nitrogens with two attached hydrogens (primary N) is 1. The Morgan fingerprint density at radius 3 is 2.50 bits per heavy atom. The summed E-state index contributed by atoms with van der Waals surface area (Å²) in [6.45, 7) is 1.73. The molecular formula is C28H41N5O5. The first-order valence-corrected chi connectivity index (χ1v) is 13.9. The highest BCUT2D eigenvalue weighted by molar-refractivity contribution is 5.94. The van der Waals surface area contributed by atoms with Crippen molar-refractivity contribution in [3.05, 3.63) is 35.4 Å². The average Bonchev–Trinajstić information content (AvgIpc) is 3.32. The molecule has 0 aromatic heterocycles. The Morgan fingerprint density at radius 1 is 1.08 bits per heavy atom. The first kappa shape index (κ1) is 27.9. The maximum Gasteiger partial charge on any atom is 0.407 e. The maximum atomic E-state index is 14.0. The van der Waals surface area contributed by atoms with Crippen molar-refractivity contribution >= 4 is 23.8 Å². The third-order valence-electron chi connectivity index (χ3n) is 8.55. The maximum absolute atomic E-state index is 14.0. The van der Waals surface area contributed by atoms with Gasteiger partial charge in [-0.1, -0.05) is 43.5 Å². The van der Waals surface area contributed by atoms with Gasteiger partial charge >= 0.3 is 6.09 Å². The fourth-order valence-electron chi connectivity index (χ4n) is 6.18. The molecular weight excluding hydrogens is 486 g/mol. The molecule has 208 valence electrons. The number of benzene rings is 1. The van der Waals surface area contributed by atoms with Crippen LogP contribution in [0.25, 0.3) is 0 Å². The first-order chi connectivity index (χ1) is 18.2. The number of likely N-dealkylation sites (N-methyl/N-ethyl adjacent to an activating group) is 1. The van der Waals surface area contributed by atoms with Crippen LogP contribution in [0.1, 0.15) is 75.5 Å². The van der Waals surface area contributed by atoms with Gasteiger partial charge in [0.05, 0.1) is 6.04 Å². The standard InChI is InChI=1S/C28H41N5O5/c1-17(32(2)28(37)38)25(34)31-24(19-10-4-3-5-11-19)27(36)33-16-20(29)15-23(33)26(35)30-22-14-8-12-18-9-6-7-13-21(18)22/h6-7,9,13,17,19-20,22-24H,3-5,8,10-12,14-16,29H2,1-2H3,(H,30,35)(H,31,34)(H,37,38)/t17-,20-,22+,23-,24-/m0/s1. The van der Waals surface area contributed by atoms with Gasteiger partial charge in [0.2, 0.25) is 17.7 Å². The highest BCUT2D eigenvalue weighted by Crippen LogP contribution is 2.32. The molecule has 1 heterocycles. The van der Waals surface area contributed by atoms with E-state index in [1.807, 2.05) is 18.2 Å². The lowest BCUT2D eigenvalue weighted by Crippen LogP contribution is -2.58. The number of hydrogen-bond donors (Lipinski definition) is 4. The van der Waals surface area contributed by atoms with Gasteiger partial charge in [-0.25, -0.2) is 4.79 Å². The van der Waals surface area contributed by atoms with Crippen molar-refractivity contribution in [2.24, 2.45) is 11.7 Å². The number of amides is 4. The second kappa shape index (κ2) is 12.1. The Bertz CT molecular complexity index is 1040. The van der Waals surface area contributed by atoms with Gasteiger partial charge in [-0.05, 0) is 62.5 Å². The van der Waals surface area contributed by atoms with Crippen LogP contribution < -0.4 is 16.4 Å². The molecule has 2 aliphatic carbocycles. The minimum atomic E-state index is -1.22. The predicted octanol–water partition coefficient (Wildman–Crippen LogP) is 2.17. The Labute approximate surface area is 224 Å². The molecule has 5 N–H and O–H groups in total. The van der Waals surface area contributed by atoms with E-state index >= 15 is 0 Å². The van der Waals surface area contributed by atoms with E-state index in [1.165, 1.54) is 19.5 Å². The van der Waals surface area contributed by atoms with Gasteiger partial charge < -0.3 is 26.4 Å². The van der Waals surface area contributed by atoms with Crippen LogP contribution in [0.5, 0.6) is 0 Å². The van der Waals surface area contributed by atoms with Crippen LogP contribution in [-0.4, -0.2) is 76.5 Å². The number of hydrogen-bond acceptors (Lipinski definition) is 5. The number of rotatable bonds is 7. The minimum Gasteiger partial charge on any atom is -0.465 e. The molecule has 10 heteroatoms. The molecule has 1 aromatic carbocycles. The van der Waals surface area contributed by atoms with Crippen molar-refractivity contribution in [3.63, 3.8) is 0 Å². The number of nitrogens with one attached hydrogen (secondary N) is 2. The third-order valence-corrected chi connectivity index (χ3v) is 8.55. The predicted molar refractivity (Wildman–Crippen MR) is 142 cm³/mol. The average molecular weight is 528 g/mol. The molecule has 0 spiro atoms. The van der Waals surface area contributed by atoms with Crippen LogP contribution in [0.15, 0.2) is 24.3 Å². The van der Waals surface area contributed by atoms with Crippen LogP contribution in [0.3, 0.4) is 0 Å². The smallest absolute Gasteiger partial charge is 0.407 e. The van der Waals surface area contributed by atoms with Gasteiger partial charge in [0.1, 0.15) is 18.1 Å². The van der Waals surface area contributed by atoms with E-state index in [9.17, 15) is 24.3 Å². The summed E-state index contributed by atoms with van der Waals surface area (Å²) in [6.07, 6.45) is 6.50. The number of aryl methyl sites for hydroxylation is 1. The molecule has 38 heavy (non-hydrogen) atoms. The molecule has 4 amide bonds. The molecule has 5 atom stereocenters. The quantitative estimate of drug-likeness (QED) is 0.428. The highest BCUT2D eigenvalue weighted by atomic mass is 16.4. The Morgan fingerprint density at radius 2 is 1.79 bits per heavy atom. The number of nitrogens with zero attached hydrogens (tertiary/aromatic N) is 2. The van der Waals surface area contributed by atoms with Crippen LogP contribution >= 0.6 is 0 Å². The Kier molecular flexibility index (Phi) is 8.91. The number of fused-ring (bicyclic) bond motifs is 1. The van der Waals surface area contributed by atoms with Crippen molar-refractivity contribution in [1.82, 2.24) is 20.4 Å².